The van der Waals surface area contributed by atoms with Gasteiger partial charge in [-0.05, 0) is 60.0 Å². The lowest BCUT2D eigenvalue weighted by atomic mass is 10.2. The molecule has 0 radical (unpaired) electrons. The number of hydrogen-bond acceptors (Lipinski definition) is 3. The van der Waals surface area contributed by atoms with Gasteiger partial charge in [-0.3, -0.25) is 9.48 Å². The lowest BCUT2D eigenvalue weighted by Gasteiger charge is -2.17. The molecule has 4 rings (SSSR count). The molecule has 0 spiro atoms. The zero-order valence-corrected chi connectivity index (χ0v) is 18.9. The lowest BCUT2D eigenvalue weighted by Crippen LogP contribution is -2.26. The largest absolute Gasteiger partial charge is 0.436 e. The maximum atomic E-state index is 13.4. The van der Waals surface area contributed by atoms with Gasteiger partial charge in [0.15, 0.2) is 5.69 Å². The van der Waals surface area contributed by atoms with Crippen LogP contribution >= 0.6 is 27.7 Å². The second-order valence-corrected chi connectivity index (χ2v) is 9.25. The van der Waals surface area contributed by atoms with Crippen molar-refractivity contribution in [2.24, 2.45) is 0 Å². The molecule has 1 amide bonds. The molecule has 2 aromatic carbocycles. The molecule has 9 heteroatoms. The summed E-state index contributed by atoms with van der Waals surface area (Å²) < 4.78 is 41.3. The van der Waals surface area contributed by atoms with Crippen molar-refractivity contribution < 1.29 is 18.0 Å². The molecule has 0 saturated heterocycles. The zero-order chi connectivity index (χ0) is 22.2. The summed E-state index contributed by atoms with van der Waals surface area (Å²) in [4.78, 5) is 14.9. The first-order valence-electron chi connectivity index (χ1n) is 9.73. The number of para-hydroxylation sites is 1. The van der Waals surface area contributed by atoms with Crippen molar-refractivity contribution in [3.63, 3.8) is 0 Å². The molecular formula is C22H19BrF3N3OS. The number of hydrogen-bond donors (Lipinski definition) is 1. The van der Waals surface area contributed by atoms with Gasteiger partial charge in [-0.15, -0.1) is 0 Å². The minimum absolute atomic E-state index is 0.0193. The summed E-state index contributed by atoms with van der Waals surface area (Å²) in [7, 11) is 0. The van der Waals surface area contributed by atoms with Crippen LogP contribution in [0.25, 0.3) is 0 Å². The van der Waals surface area contributed by atoms with E-state index in [0.29, 0.717) is 11.4 Å². The van der Waals surface area contributed by atoms with Crippen LogP contribution in [0.2, 0.25) is 0 Å². The van der Waals surface area contributed by atoms with E-state index in [-0.39, 0.29) is 10.4 Å². The molecule has 162 valence electrons. The predicted octanol–water partition coefficient (Wildman–Crippen LogP) is 6.89. The van der Waals surface area contributed by atoms with E-state index in [1.165, 1.54) is 16.4 Å². The second kappa shape index (κ2) is 8.70. The number of carbonyl (C=O) groups is 1. The van der Waals surface area contributed by atoms with Gasteiger partial charge < -0.3 is 5.32 Å². The summed E-state index contributed by atoms with van der Waals surface area (Å²) in [6.45, 7) is 1.56. The highest BCUT2D eigenvalue weighted by Gasteiger charge is 2.43. The Hall–Kier alpha value is -2.26. The average molecular weight is 510 g/mol. The van der Waals surface area contributed by atoms with Gasteiger partial charge in [0.2, 0.25) is 5.91 Å². The van der Waals surface area contributed by atoms with Crippen molar-refractivity contribution >= 4 is 39.3 Å². The number of amides is 1. The topological polar surface area (TPSA) is 46.9 Å². The molecule has 1 saturated carbocycles. The smallest absolute Gasteiger partial charge is 0.323 e. The highest BCUT2D eigenvalue weighted by molar-refractivity contribution is 9.10. The minimum Gasteiger partial charge on any atom is -0.323 e. The SMILES string of the molecule is CC(C(=O)Nc1ccccc1Sc1ccccc1)n1nc(C(F)(F)F)c(Br)c1C1CC1. The van der Waals surface area contributed by atoms with E-state index in [2.05, 4.69) is 26.3 Å². The summed E-state index contributed by atoms with van der Waals surface area (Å²) in [5, 5.41) is 6.64. The Morgan fingerprint density at radius 3 is 2.45 bits per heavy atom. The molecule has 31 heavy (non-hydrogen) atoms. The van der Waals surface area contributed by atoms with Gasteiger partial charge in [-0.1, -0.05) is 42.1 Å². The second-order valence-electron chi connectivity index (χ2n) is 7.34. The molecule has 0 bridgehead atoms. The Kier molecular flexibility index (Phi) is 6.16. The molecule has 3 aromatic rings. The van der Waals surface area contributed by atoms with Crippen molar-refractivity contribution in [3.05, 3.63) is 70.5 Å². The van der Waals surface area contributed by atoms with E-state index in [4.69, 9.17) is 0 Å². The number of anilines is 1. The molecular weight excluding hydrogens is 491 g/mol. The van der Waals surface area contributed by atoms with E-state index in [0.717, 1.165) is 22.6 Å². The number of nitrogens with zero attached hydrogens (tertiary/aromatic N) is 2. The molecule has 1 heterocycles. The van der Waals surface area contributed by atoms with Crippen LogP contribution in [0.5, 0.6) is 0 Å². The third kappa shape index (κ3) is 4.82. The fourth-order valence-electron chi connectivity index (χ4n) is 3.25. The van der Waals surface area contributed by atoms with E-state index in [1.807, 2.05) is 42.5 Å². The molecule has 1 atom stereocenters. The van der Waals surface area contributed by atoms with Crippen molar-refractivity contribution in [1.29, 1.82) is 0 Å². The quantitative estimate of drug-likeness (QED) is 0.393. The van der Waals surface area contributed by atoms with Gasteiger partial charge in [0, 0.05) is 15.7 Å². The fourth-order valence-corrected chi connectivity index (χ4v) is 4.98. The van der Waals surface area contributed by atoms with E-state index >= 15 is 0 Å². The normalized spacial score (nSPS) is 15.0. The van der Waals surface area contributed by atoms with Crippen LogP contribution in [-0.2, 0) is 11.0 Å². The molecule has 1 aliphatic carbocycles. The average Bonchev–Trinajstić information content (AvgIpc) is 3.50. The molecule has 1 aromatic heterocycles. The summed E-state index contributed by atoms with van der Waals surface area (Å²) in [6, 6.07) is 16.1. The van der Waals surface area contributed by atoms with E-state index < -0.39 is 23.8 Å². The van der Waals surface area contributed by atoms with Crippen LogP contribution < -0.4 is 5.32 Å². The van der Waals surface area contributed by atoms with Crippen LogP contribution in [0.15, 0.2) is 68.9 Å². The standard InChI is InChI=1S/C22H19BrF3N3OS/c1-13(29-19(14-11-12-14)18(23)20(28-29)22(24,25)26)21(30)27-16-9-5-6-10-17(16)31-15-7-3-2-4-8-15/h2-10,13-14H,11-12H2,1H3,(H,27,30). The number of alkyl halides is 3. The highest BCUT2D eigenvalue weighted by Crippen LogP contribution is 2.47. The van der Waals surface area contributed by atoms with Gasteiger partial charge in [-0.2, -0.15) is 18.3 Å². The third-order valence-electron chi connectivity index (χ3n) is 4.98. The van der Waals surface area contributed by atoms with Gasteiger partial charge in [0.25, 0.3) is 0 Å². The number of halogens is 4. The monoisotopic (exact) mass is 509 g/mol. The Bertz CT molecular complexity index is 1100. The van der Waals surface area contributed by atoms with Crippen molar-refractivity contribution in [3.8, 4) is 0 Å². The van der Waals surface area contributed by atoms with Crippen molar-refractivity contribution in [2.45, 2.75) is 47.7 Å². The van der Waals surface area contributed by atoms with Crippen molar-refractivity contribution in [1.82, 2.24) is 9.78 Å². The van der Waals surface area contributed by atoms with Crippen LogP contribution in [0.3, 0.4) is 0 Å². The maximum absolute atomic E-state index is 13.4. The van der Waals surface area contributed by atoms with Crippen LogP contribution in [0.1, 0.15) is 43.1 Å². The predicted molar refractivity (Wildman–Crippen MR) is 117 cm³/mol. The molecule has 1 unspecified atom stereocenters. The van der Waals surface area contributed by atoms with Gasteiger partial charge >= 0.3 is 6.18 Å². The van der Waals surface area contributed by atoms with E-state index in [1.54, 1.807) is 19.1 Å². The summed E-state index contributed by atoms with van der Waals surface area (Å²) in [6.07, 6.45) is -3.03. The van der Waals surface area contributed by atoms with E-state index in [9.17, 15) is 18.0 Å². The van der Waals surface area contributed by atoms with Crippen LogP contribution in [0.4, 0.5) is 18.9 Å². The maximum Gasteiger partial charge on any atom is 0.436 e. The number of aromatic nitrogens is 2. The lowest BCUT2D eigenvalue weighted by molar-refractivity contribution is -0.142. The van der Waals surface area contributed by atoms with Gasteiger partial charge in [0.1, 0.15) is 6.04 Å². The fraction of sp³-hybridized carbons (Fsp3) is 0.273. The molecule has 1 aliphatic rings. The summed E-state index contributed by atoms with van der Waals surface area (Å²) >= 11 is 4.57. The highest BCUT2D eigenvalue weighted by atomic mass is 79.9. The first-order chi connectivity index (χ1) is 14.8. The molecule has 0 aliphatic heterocycles. The van der Waals surface area contributed by atoms with Crippen LogP contribution in [0, 0.1) is 0 Å². The molecule has 1 fully saturated rings. The number of nitrogens with one attached hydrogen (secondary N) is 1. The summed E-state index contributed by atoms with van der Waals surface area (Å²) in [5.41, 5.74) is 0.0412. The molecule has 4 nitrogen and oxygen atoms in total. The molecule has 1 N–H and O–H groups in total. The number of carbonyl (C=O) groups excluding carboxylic acids is 1. The Balaban J connectivity index is 1.59. The van der Waals surface area contributed by atoms with Crippen LogP contribution in [-0.4, -0.2) is 15.7 Å². The number of benzene rings is 2. The zero-order valence-electron chi connectivity index (χ0n) is 16.5. The minimum atomic E-state index is -4.59. The number of rotatable bonds is 6. The summed E-state index contributed by atoms with van der Waals surface area (Å²) in [5.74, 6) is -0.444. The first kappa shape index (κ1) is 22.0. The third-order valence-corrected chi connectivity index (χ3v) is 6.85. The van der Waals surface area contributed by atoms with Gasteiger partial charge in [0.05, 0.1) is 15.9 Å². The Morgan fingerprint density at radius 1 is 1.16 bits per heavy atom. The first-order valence-corrected chi connectivity index (χ1v) is 11.3. The van der Waals surface area contributed by atoms with Crippen molar-refractivity contribution in [2.75, 3.05) is 5.32 Å². The Morgan fingerprint density at radius 2 is 1.81 bits per heavy atom. The van der Waals surface area contributed by atoms with Gasteiger partial charge in [-0.25, -0.2) is 0 Å². The Labute approximate surface area is 190 Å².